The van der Waals surface area contributed by atoms with Gasteiger partial charge in [0.2, 0.25) is 11.8 Å². The van der Waals surface area contributed by atoms with Crippen molar-refractivity contribution in [3.05, 3.63) is 47.8 Å². The van der Waals surface area contributed by atoms with E-state index in [0.29, 0.717) is 41.5 Å². The van der Waals surface area contributed by atoms with E-state index in [0.717, 1.165) is 60.8 Å². The van der Waals surface area contributed by atoms with E-state index in [4.69, 9.17) is 9.72 Å². The maximum absolute atomic E-state index is 13.6. The highest BCUT2D eigenvalue weighted by Crippen LogP contribution is 2.43. The molecule has 1 aromatic carbocycles. The highest BCUT2D eigenvalue weighted by atomic mass is 16.5. The zero-order chi connectivity index (χ0) is 27.8. The van der Waals surface area contributed by atoms with Crippen molar-refractivity contribution >= 4 is 28.9 Å². The summed E-state index contributed by atoms with van der Waals surface area (Å²) in [5, 5.41) is 11.4. The average molecular weight is 543 g/mol. The number of anilines is 3. The Balaban J connectivity index is 1.37. The van der Waals surface area contributed by atoms with E-state index in [2.05, 4.69) is 62.8 Å². The Labute approximate surface area is 235 Å². The number of aliphatic imine (C=N–C) groups is 1. The molecule has 1 aliphatic carbocycles. The second-order valence-corrected chi connectivity index (χ2v) is 11.4. The van der Waals surface area contributed by atoms with E-state index in [1.54, 1.807) is 23.0 Å². The molecule has 2 bridgehead atoms. The SMILES string of the molecule is Cc1cc2cc(n1)-c1cnn(C)c1OCCCC(C1CC1)CN1/C(=N/C2=O)Nc2cc(NCCN(C)C)ccc21. The van der Waals surface area contributed by atoms with E-state index < -0.39 is 0 Å². The fourth-order valence-corrected chi connectivity index (χ4v) is 5.64. The molecule has 1 amide bonds. The molecule has 210 valence electrons. The predicted octanol–water partition coefficient (Wildman–Crippen LogP) is 4.39. The number of fused-ring (bicyclic) bond motifs is 7. The molecular formula is C30H38N8O2. The van der Waals surface area contributed by atoms with E-state index >= 15 is 0 Å². The predicted molar refractivity (Wildman–Crippen MR) is 158 cm³/mol. The summed E-state index contributed by atoms with van der Waals surface area (Å²) < 4.78 is 8.00. The van der Waals surface area contributed by atoms with E-state index in [9.17, 15) is 4.79 Å². The van der Waals surface area contributed by atoms with Crippen molar-refractivity contribution in [3.8, 4) is 17.1 Å². The number of nitrogens with one attached hydrogen (secondary N) is 2. The molecule has 2 aromatic heterocycles. The second kappa shape index (κ2) is 10.9. The van der Waals surface area contributed by atoms with Gasteiger partial charge in [-0.2, -0.15) is 10.1 Å². The first-order chi connectivity index (χ1) is 19.4. The van der Waals surface area contributed by atoms with E-state index in [1.165, 1.54) is 12.8 Å². The first kappa shape index (κ1) is 26.3. The first-order valence-corrected chi connectivity index (χ1v) is 14.2. The molecule has 0 saturated heterocycles. The molecular weight excluding hydrogens is 504 g/mol. The van der Waals surface area contributed by atoms with Gasteiger partial charge in [0.1, 0.15) is 0 Å². The molecule has 4 heterocycles. The van der Waals surface area contributed by atoms with Gasteiger partial charge >= 0.3 is 0 Å². The molecule has 1 atom stereocenters. The maximum Gasteiger partial charge on any atom is 0.280 e. The Bertz CT molecular complexity index is 1440. The third-order valence-corrected chi connectivity index (χ3v) is 7.91. The smallest absolute Gasteiger partial charge is 0.280 e. The molecule has 1 fully saturated rings. The Morgan fingerprint density at radius 1 is 1.15 bits per heavy atom. The fraction of sp³-hybridized carbons (Fsp3) is 0.467. The lowest BCUT2D eigenvalue weighted by atomic mass is 9.97. The molecule has 0 radical (unpaired) electrons. The minimum absolute atomic E-state index is 0.305. The summed E-state index contributed by atoms with van der Waals surface area (Å²) in [6, 6.07) is 9.93. The number of rotatable bonds is 5. The van der Waals surface area contributed by atoms with Crippen LogP contribution in [-0.4, -0.2) is 71.9 Å². The number of guanidine groups is 1. The summed E-state index contributed by atoms with van der Waals surface area (Å²) in [5.41, 5.74) is 5.73. The van der Waals surface area contributed by atoms with Crippen LogP contribution in [0, 0.1) is 18.8 Å². The van der Waals surface area contributed by atoms with Crippen LogP contribution in [0.1, 0.15) is 41.7 Å². The van der Waals surface area contributed by atoms with Crippen molar-refractivity contribution in [2.75, 3.05) is 55.9 Å². The first-order valence-electron chi connectivity index (χ1n) is 14.2. The van der Waals surface area contributed by atoms with Crippen LogP contribution in [0.4, 0.5) is 17.1 Å². The number of benzene rings is 1. The van der Waals surface area contributed by atoms with Crippen LogP contribution in [0.3, 0.4) is 0 Å². The number of carbonyl (C=O) groups is 1. The molecule has 0 spiro atoms. The van der Waals surface area contributed by atoms with Gasteiger partial charge in [-0.1, -0.05) is 0 Å². The topological polar surface area (TPSA) is 99.9 Å². The van der Waals surface area contributed by atoms with Crippen LogP contribution in [-0.2, 0) is 7.05 Å². The number of ether oxygens (including phenoxy) is 1. The number of carbonyl (C=O) groups excluding carboxylic acids is 1. The van der Waals surface area contributed by atoms with Crippen LogP contribution >= 0.6 is 0 Å². The molecule has 3 aromatic rings. The number of aryl methyl sites for hydroxylation is 2. The zero-order valence-corrected chi connectivity index (χ0v) is 23.8. The van der Waals surface area contributed by atoms with Gasteiger partial charge in [-0.25, -0.2) is 4.68 Å². The third-order valence-electron chi connectivity index (χ3n) is 7.91. The number of hydrogen-bond donors (Lipinski definition) is 2. The monoisotopic (exact) mass is 542 g/mol. The molecule has 10 nitrogen and oxygen atoms in total. The third kappa shape index (κ3) is 5.54. The van der Waals surface area contributed by atoms with Crippen molar-refractivity contribution in [1.82, 2.24) is 19.7 Å². The van der Waals surface area contributed by atoms with Gasteiger partial charge in [0.15, 0.2) is 0 Å². The molecule has 6 rings (SSSR count). The van der Waals surface area contributed by atoms with Gasteiger partial charge in [-0.05, 0) is 88.9 Å². The number of likely N-dealkylation sites (N-methyl/N-ethyl adjacent to an activating group) is 1. The van der Waals surface area contributed by atoms with Gasteiger partial charge in [-0.15, -0.1) is 0 Å². The standard InChI is InChI=1S/C30H38N8O2/c1-19-14-22-15-25(33-19)24-17-32-37(4)29(24)40-13-5-6-21(20-7-8-20)18-38-27-10-9-23(31-11-12-36(2)3)16-26(27)34-30(38)35-28(22)39/h9-10,14-17,20-21,31H,5-8,11-13,18H2,1-4H3,(H,34,35,39). The Morgan fingerprint density at radius 2 is 2.00 bits per heavy atom. The number of hydrogen-bond acceptors (Lipinski definition) is 8. The summed E-state index contributed by atoms with van der Waals surface area (Å²) in [7, 11) is 6.00. The summed E-state index contributed by atoms with van der Waals surface area (Å²) in [5.74, 6) is 2.13. The summed E-state index contributed by atoms with van der Waals surface area (Å²) in [6.45, 7) is 5.09. The molecule has 40 heavy (non-hydrogen) atoms. The lowest BCUT2D eigenvalue weighted by Crippen LogP contribution is -2.36. The van der Waals surface area contributed by atoms with Crippen LogP contribution in [0.15, 0.2) is 41.5 Å². The molecule has 1 unspecified atom stereocenters. The van der Waals surface area contributed by atoms with Crippen LogP contribution in [0.2, 0.25) is 0 Å². The van der Waals surface area contributed by atoms with E-state index in [1.807, 2.05) is 14.0 Å². The number of aromatic nitrogens is 3. The van der Waals surface area contributed by atoms with Crippen molar-refractivity contribution in [3.63, 3.8) is 0 Å². The zero-order valence-electron chi connectivity index (χ0n) is 23.8. The Kier molecular flexibility index (Phi) is 7.18. The summed E-state index contributed by atoms with van der Waals surface area (Å²) >= 11 is 0. The molecule has 1 saturated carbocycles. The molecule has 3 aliphatic rings. The van der Waals surface area contributed by atoms with Gasteiger partial charge < -0.3 is 25.2 Å². The quantitative estimate of drug-likeness (QED) is 0.490. The molecule has 2 N–H and O–H groups in total. The minimum atomic E-state index is -0.305. The molecule has 2 aliphatic heterocycles. The van der Waals surface area contributed by atoms with Crippen molar-refractivity contribution in [2.24, 2.45) is 23.9 Å². The summed E-state index contributed by atoms with van der Waals surface area (Å²) in [6.07, 6.45) is 6.24. The lowest BCUT2D eigenvalue weighted by molar-refractivity contribution is 0.100. The second-order valence-electron chi connectivity index (χ2n) is 11.4. The van der Waals surface area contributed by atoms with Crippen LogP contribution in [0.25, 0.3) is 11.3 Å². The van der Waals surface area contributed by atoms with Gasteiger partial charge in [0.25, 0.3) is 5.91 Å². The molecule has 10 heteroatoms. The van der Waals surface area contributed by atoms with Gasteiger partial charge in [-0.3, -0.25) is 9.78 Å². The van der Waals surface area contributed by atoms with Gasteiger partial charge in [0.05, 0.1) is 35.4 Å². The highest BCUT2D eigenvalue weighted by Gasteiger charge is 2.36. The maximum atomic E-state index is 13.6. The number of nitrogens with zero attached hydrogens (tertiary/aromatic N) is 6. The van der Waals surface area contributed by atoms with Crippen molar-refractivity contribution < 1.29 is 9.53 Å². The number of amides is 1. The normalized spacial score (nSPS) is 20.3. The highest BCUT2D eigenvalue weighted by molar-refractivity contribution is 6.19. The van der Waals surface area contributed by atoms with Crippen LogP contribution < -0.4 is 20.3 Å². The Hall–Kier alpha value is -3.92. The van der Waals surface area contributed by atoms with Crippen molar-refractivity contribution in [2.45, 2.75) is 32.6 Å². The van der Waals surface area contributed by atoms with E-state index in [-0.39, 0.29) is 5.91 Å². The van der Waals surface area contributed by atoms with Gasteiger partial charge in [0, 0.05) is 43.6 Å². The largest absolute Gasteiger partial charge is 0.477 e. The fourth-order valence-electron chi connectivity index (χ4n) is 5.64. The lowest BCUT2D eigenvalue weighted by Gasteiger charge is -2.25. The summed E-state index contributed by atoms with van der Waals surface area (Å²) in [4.78, 5) is 27.3. The Morgan fingerprint density at radius 3 is 2.80 bits per heavy atom. The average Bonchev–Trinajstić information content (AvgIpc) is 3.62. The van der Waals surface area contributed by atoms with Crippen LogP contribution in [0.5, 0.6) is 5.88 Å². The minimum Gasteiger partial charge on any atom is -0.477 e. The van der Waals surface area contributed by atoms with Crippen molar-refractivity contribution in [1.29, 1.82) is 0 Å². The number of pyridine rings is 1.